The van der Waals surface area contributed by atoms with Crippen LogP contribution in [0.3, 0.4) is 0 Å². The minimum absolute atomic E-state index is 0.0705. The van der Waals surface area contributed by atoms with E-state index < -0.39 is 21.9 Å². The number of hydrogen-bond donors (Lipinski definition) is 2. The average Bonchev–Trinajstić information content (AvgIpc) is 3.47. The van der Waals surface area contributed by atoms with Crippen LogP contribution in [0.1, 0.15) is 23.4 Å². The highest BCUT2D eigenvalue weighted by atomic mass is 32.2. The number of likely N-dealkylation sites (tertiary alicyclic amines) is 1. The molecule has 10 heteroatoms. The lowest BCUT2D eigenvalue weighted by atomic mass is 10.2. The third kappa shape index (κ3) is 4.65. The number of benzene rings is 2. The van der Waals surface area contributed by atoms with Gasteiger partial charge in [0.05, 0.1) is 11.2 Å². The van der Waals surface area contributed by atoms with Crippen molar-refractivity contribution in [2.45, 2.75) is 23.8 Å². The molecule has 2 heterocycles. The van der Waals surface area contributed by atoms with E-state index in [1.165, 1.54) is 35.4 Å². The molecule has 0 spiro atoms. The van der Waals surface area contributed by atoms with Crippen LogP contribution in [0.4, 0.5) is 15.8 Å². The van der Waals surface area contributed by atoms with E-state index in [9.17, 15) is 22.4 Å². The third-order valence-corrected chi connectivity index (χ3v) is 6.47. The van der Waals surface area contributed by atoms with Crippen LogP contribution >= 0.6 is 0 Å². The quantitative estimate of drug-likeness (QED) is 0.589. The van der Waals surface area contributed by atoms with E-state index in [2.05, 4.69) is 10.0 Å². The molecule has 32 heavy (non-hydrogen) atoms. The molecule has 1 aliphatic rings. The normalized spacial score (nSPS) is 16.0. The van der Waals surface area contributed by atoms with E-state index in [1.54, 1.807) is 24.3 Å². The van der Waals surface area contributed by atoms with E-state index in [0.29, 0.717) is 25.1 Å². The number of halogens is 1. The fraction of sp³-hybridized carbons (Fsp3) is 0.182. The zero-order valence-corrected chi connectivity index (χ0v) is 17.6. The van der Waals surface area contributed by atoms with Crippen LogP contribution in [0.15, 0.2) is 76.2 Å². The van der Waals surface area contributed by atoms with E-state index >= 15 is 0 Å². The highest BCUT2D eigenvalue weighted by Crippen LogP contribution is 2.23. The Balaban J connectivity index is 1.40. The van der Waals surface area contributed by atoms with Gasteiger partial charge < -0.3 is 14.6 Å². The van der Waals surface area contributed by atoms with Gasteiger partial charge in [-0.05, 0) is 73.5 Å². The number of hydrogen-bond acceptors (Lipinski definition) is 5. The lowest BCUT2D eigenvalue weighted by molar-refractivity contribution is -0.119. The van der Waals surface area contributed by atoms with Gasteiger partial charge in [-0.25, -0.2) is 12.8 Å². The van der Waals surface area contributed by atoms with Gasteiger partial charge in [0, 0.05) is 17.9 Å². The Kier molecular flexibility index (Phi) is 5.95. The Bertz CT molecular complexity index is 1210. The Morgan fingerprint density at radius 3 is 2.34 bits per heavy atom. The van der Waals surface area contributed by atoms with Crippen LogP contribution in [0.5, 0.6) is 0 Å². The summed E-state index contributed by atoms with van der Waals surface area (Å²) in [5, 5.41) is 2.76. The number of anilines is 2. The molecule has 1 saturated heterocycles. The molecule has 2 aromatic carbocycles. The van der Waals surface area contributed by atoms with Crippen LogP contribution in [-0.4, -0.2) is 37.7 Å². The summed E-state index contributed by atoms with van der Waals surface area (Å²) in [6.07, 6.45) is 2.65. The second kappa shape index (κ2) is 8.83. The number of rotatable bonds is 6. The first-order valence-electron chi connectivity index (χ1n) is 9.87. The Morgan fingerprint density at radius 1 is 1.00 bits per heavy atom. The van der Waals surface area contributed by atoms with Crippen molar-refractivity contribution in [1.82, 2.24) is 4.90 Å². The first-order chi connectivity index (χ1) is 15.3. The molecule has 0 bridgehead atoms. The first-order valence-corrected chi connectivity index (χ1v) is 11.4. The molecular weight excluding hydrogens is 437 g/mol. The van der Waals surface area contributed by atoms with Crippen molar-refractivity contribution in [2.75, 3.05) is 16.6 Å². The number of carbonyl (C=O) groups excluding carboxylic acids is 2. The number of amides is 2. The van der Waals surface area contributed by atoms with Gasteiger partial charge in [0.25, 0.3) is 15.9 Å². The Hall–Kier alpha value is -3.66. The number of carbonyl (C=O) groups is 2. The largest absolute Gasteiger partial charge is 0.459 e. The average molecular weight is 457 g/mol. The maximum Gasteiger partial charge on any atom is 0.290 e. The van der Waals surface area contributed by atoms with Crippen LogP contribution in [0, 0.1) is 5.82 Å². The molecule has 2 N–H and O–H groups in total. The molecule has 1 fully saturated rings. The lowest BCUT2D eigenvalue weighted by Crippen LogP contribution is -2.43. The summed E-state index contributed by atoms with van der Waals surface area (Å²) in [5.74, 6) is -1.02. The van der Waals surface area contributed by atoms with Crippen LogP contribution in [0.25, 0.3) is 0 Å². The van der Waals surface area contributed by atoms with E-state index in [0.717, 1.165) is 12.1 Å². The summed E-state index contributed by atoms with van der Waals surface area (Å²) in [5.41, 5.74) is 0.736. The summed E-state index contributed by atoms with van der Waals surface area (Å²) in [4.78, 5) is 26.7. The SMILES string of the molecule is O=C(Nc1ccc(NS(=O)(=O)c2ccc(F)cc2)cc1)C1CCCN1C(=O)c1ccco1. The molecule has 8 nitrogen and oxygen atoms in total. The van der Waals surface area contributed by atoms with Gasteiger partial charge in [-0.15, -0.1) is 0 Å². The van der Waals surface area contributed by atoms with Crippen molar-refractivity contribution in [3.8, 4) is 0 Å². The highest BCUT2D eigenvalue weighted by molar-refractivity contribution is 7.92. The standard InChI is InChI=1S/C22H20FN3O5S/c23-15-5-11-18(12-6-15)32(29,30)25-17-9-7-16(8-10-17)24-21(27)19-3-1-13-26(19)22(28)20-4-2-14-31-20/h2,4-12,14,19,25H,1,3,13H2,(H,24,27). The molecule has 1 unspecified atom stereocenters. The summed E-state index contributed by atoms with van der Waals surface area (Å²) in [7, 11) is -3.87. The molecule has 1 aromatic heterocycles. The number of furan rings is 1. The van der Waals surface area contributed by atoms with Gasteiger partial charge in [-0.1, -0.05) is 0 Å². The molecule has 1 atom stereocenters. The molecule has 4 rings (SSSR count). The van der Waals surface area contributed by atoms with Crippen molar-refractivity contribution in [3.63, 3.8) is 0 Å². The highest BCUT2D eigenvalue weighted by Gasteiger charge is 2.35. The van der Waals surface area contributed by atoms with Crippen molar-refractivity contribution in [3.05, 3.63) is 78.5 Å². The third-order valence-electron chi connectivity index (χ3n) is 5.08. The lowest BCUT2D eigenvalue weighted by Gasteiger charge is -2.23. The van der Waals surface area contributed by atoms with Crippen molar-refractivity contribution >= 4 is 33.2 Å². The molecule has 2 amide bonds. The summed E-state index contributed by atoms with van der Waals surface area (Å²) >= 11 is 0. The maximum absolute atomic E-state index is 13.0. The van der Waals surface area contributed by atoms with Crippen molar-refractivity contribution in [1.29, 1.82) is 0 Å². The first kappa shape index (κ1) is 21.6. The second-order valence-corrected chi connectivity index (χ2v) is 8.94. The summed E-state index contributed by atoms with van der Waals surface area (Å²) in [6, 6.07) is 13.1. The van der Waals surface area contributed by atoms with Crippen LogP contribution in [-0.2, 0) is 14.8 Å². The zero-order chi connectivity index (χ0) is 22.7. The summed E-state index contributed by atoms with van der Waals surface area (Å²) in [6.45, 7) is 0.460. The number of sulfonamides is 1. The number of nitrogens with zero attached hydrogens (tertiary/aromatic N) is 1. The fourth-order valence-electron chi connectivity index (χ4n) is 3.50. The second-order valence-electron chi connectivity index (χ2n) is 7.26. The molecule has 0 aliphatic carbocycles. The predicted molar refractivity (Wildman–Crippen MR) is 115 cm³/mol. The molecular formula is C22H20FN3O5S. The predicted octanol–water partition coefficient (Wildman–Crippen LogP) is 3.46. The van der Waals surface area contributed by atoms with Crippen molar-refractivity contribution < 1.29 is 26.8 Å². The maximum atomic E-state index is 13.0. The van der Waals surface area contributed by atoms with E-state index in [4.69, 9.17) is 4.42 Å². The van der Waals surface area contributed by atoms with Gasteiger partial charge in [-0.3, -0.25) is 14.3 Å². The molecule has 0 saturated carbocycles. The van der Waals surface area contributed by atoms with E-state index in [-0.39, 0.29) is 28.2 Å². The van der Waals surface area contributed by atoms with Gasteiger partial charge >= 0.3 is 0 Å². The van der Waals surface area contributed by atoms with Gasteiger partial charge in [0.15, 0.2) is 5.76 Å². The van der Waals surface area contributed by atoms with Crippen LogP contribution < -0.4 is 10.0 Å². The minimum Gasteiger partial charge on any atom is -0.459 e. The van der Waals surface area contributed by atoms with Crippen molar-refractivity contribution in [2.24, 2.45) is 0 Å². The fourth-order valence-corrected chi connectivity index (χ4v) is 4.56. The Labute approximate surface area is 184 Å². The minimum atomic E-state index is -3.87. The Morgan fingerprint density at radius 2 is 1.69 bits per heavy atom. The number of nitrogens with one attached hydrogen (secondary N) is 2. The molecule has 1 aliphatic heterocycles. The smallest absolute Gasteiger partial charge is 0.290 e. The topological polar surface area (TPSA) is 109 Å². The monoisotopic (exact) mass is 457 g/mol. The molecule has 3 aromatic rings. The van der Waals surface area contributed by atoms with E-state index in [1.807, 2.05) is 0 Å². The van der Waals surface area contributed by atoms with Gasteiger partial charge in [-0.2, -0.15) is 0 Å². The zero-order valence-electron chi connectivity index (χ0n) is 16.8. The van der Waals surface area contributed by atoms with Crippen LogP contribution in [0.2, 0.25) is 0 Å². The molecule has 166 valence electrons. The molecule has 0 radical (unpaired) electrons. The van der Waals surface area contributed by atoms with Gasteiger partial charge in [0.2, 0.25) is 5.91 Å². The van der Waals surface area contributed by atoms with Gasteiger partial charge in [0.1, 0.15) is 11.9 Å². The summed E-state index contributed by atoms with van der Waals surface area (Å²) < 4.78 is 45.4.